The number of anilines is 1. The molecule has 1 fully saturated rings. The van der Waals surface area contributed by atoms with Gasteiger partial charge in [-0.1, -0.05) is 0 Å². The molecule has 0 aromatic carbocycles. The second kappa shape index (κ2) is 5.73. The van der Waals surface area contributed by atoms with Gasteiger partial charge in [0, 0.05) is 25.3 Å². The van der Waals surface area contributed by atoms with Crippen molar-refractivity contribution in [2.24, 2.45) is 0 Å². The molecule has 1 aromatic heterocycles. The molecule has 0 amide bonds. The van der Waals surface area contributed by atoms with Crippen LogP contribution in [0.4, 0.5) is 19.0 Å². The minimum absolute atomic E-state index is 0.244. The summed E-state index contributed by atoms with van der Waals surface area (Å²) in [6.45, 7) is 1.46. The molecule has 19 heavy (non-hydrogen) atoms. The first kappa shape index (κ1) is 14.0. The zero-order valence-corrected chi connectivity index (χ0v) is 10.7. The average molecular weight is 274 g/mol. The molecule has 0 bridgehead atoms. The molecule has 0 unspecified atom stereocenters. The maximum Gasteiger partial charge on any atom is 0.405 e. The lowest BCUT2D eigenvalue weighted by Crippen LogP contribution is -2.35. The van der Waals surface area contributed by atoms with E-state index in [-0.39, 0.29) is 12.4 Å². The van der Waals surface area contributed by atoms with E-state index in [2.05, 4.69) is 15.3 Å². The fourth-order valence-corrected chi connectivity index (χ4v) is 1.74. The van der Waals surface area contributed by atoms with Crippen LogP contribution in [-0.4, -0.2) is 35.3 Å². The van der Waals surface area contributed by atoms with Crippen LogP contribution in [-0.2, 0) is 6.54 Å². The first-order valence-electron chi connectivity index (χ1n) is 6.34. The Labute approximate surface area is 110 Å². The molecular weight excluding hydrogens is 257 g/mol. The van der Waals surface area contributed by atoms with Crippen LogP contribution >= 0.6 is 0 Å². The number of rotatable bonds is 6. The third-order valence-electron chi connectivity index (χ3n) is 2.90. The van der Waals surface area contributed by atoms with Gasteiger partial charge in [0.05, 0.1) is 11.9 Å². The summed E-state index contributed by atoms with van der Waals surface area (Å²) in [4.78, 5) is 9.37. The Morgan fingerprint density at radius 3 is 2.68 bits per heavy atom. The predicted octanol–water partition coefficient (Wildman–Crippen LogP) is 2.12. The molecule has 0 atom stereocenters. The van der Waals surface area contributed by atoms with Crippen molar-refractivity contribution in [1.82, 2.24) is 15.3 Å². The SMILES string of the molecule is CCN(CC(F)(F)F)c1cncc(CNC2CC2)n1. The Morgan fingerprint density at radius 1 is 1.37 bits per heavy atom. The minimum Gasteiger partial charge on any atom is -0.347 e. The molecule has 0 aliphatic heterocycles. The van der Waals surface area contributed by atoms with Crippen LogP contribution in [0.3, 0.4) is 0 Å². The van der Waals surface area contributed by atoms with Crippen molar-refractivity contribution < 1.29 is 13.2 Å². The molecule has 0 radical (unpaired) electrons. The Hall–Kier alpha value is -1.37. The summed E-state index contributed by atoms with van der Waals surface area (Å²) in [6, 6.07) is 0.530. The summed E-state index contributed by atoms with van der Waals surface area (Å²) in [5, 5.41) is 3.26. The lowest BCUT2D eigenvalue weighted by molar-refractivity contribution is -0.119. The van der Waals surface area contributed by atoms with Gasteiger partial charge in [0.25, 0.3) is 0 Å². The van der Waals surface area contributed by atoms with Gasteiger partial charge in [0.15, 0.2) is 0 Å². The normalized spacial score (nSPS) is 15.6. The van der Waals surface area contributed by atoms with Crippen molar-refractivity contribution in [3.63, 3.8) is 0 Å². The molecule has 1 saturated carbocycles. The second-order valence-electron chi connectivity index (χ2n) is 4.65. The Morgan fingerprint density at radius 2 is 2.11 bits per heavy atom. The summed E-state index contributed by atoms with van der Waals surface area (Å²) < 4.78 is 37.3. The van der Waals surface area contributed by atoms with Gasteiger partial charge >= 0.3 is 6.18 Å². The van der Waals surface area contributed by atoms with Gasteiger partial charge < -0.3 is 10.2 Å². The van der Waals surface area contributed by atoms with E-state index in [4.69, 9.17) is 0 Å². The molecule has 0 spiro atoms. The van der Waals surface area contributed by atoms with Gasteiger partial charge in [-0.25, -0.2) is 4.98 Å². The predicted molar refractivity (Wildman–Crippen MR) is 65.8 cm³/mol. The summed E-state index contributed by atoms with van der Waals surface area (Å²) in [7, 11) is 0. The lowest BCUT2D eigenvalue weighted by Gasteiger charge is -2.23. The summed E-state index contributed by atoms with van der Waals surface area (Å²) in [5.74, 6) is 0.273. The summed E-state index contributed by atoms with van der Waals surface area (Å²) in [5.41, 5.74) is 0.671. The molecule has 0 saturated heterocycles. The van der Waals surface area contributed by atoms with E-state index >= 15 is 0 Å². The molecule has 7 heteroatoms. The smallest absolute Gasteiger partial charge is 0.347 e. The standard InChI is InChI=1S/C12H17F3N4/c1-2-19(8-12(13,14)15)11-7-16-5-10(18-11)6-17-9-3-4-9/h5,7,9,17H,2-4,6,8H2,1H3. The van der Waals surface area contributed by atoms with Gasteiger partial charge in [0.1, 0.15) is 12.4 Å². The molecular formula is C12H17F3N4. The molecule has 1 aliphatic carbocycles. The van der Waals surface area contributed by atoms with Gasteiger partial charge in [-0.15, -0.1) is 0 Å². The number of halogens is 3. The van der Waals surface area contributed by atoms with Crippen LogP contribution < -0.4 is 10.2 Å². The van der Waals surface area contributed by atoms with E-state index in [1.54, 1.807) is 13.1 Å². The Kier molecular flexibility index (Phi) is 4.24. The van der Waals surface area contributed by atoms with E-state index in [1.165, 1.54) is 11.1 Å². The highest BCUT2D eigenvalue weighted by Crippen LogP contribution is 2.21. The van der Waals surface area contributed by atoms with Gasteiger partial charge in [-0.2, -0.15) is 13.2 Å². The fourth-order valence-electron chi connectivity index (χ4n) is 1.74. The van der Waals surface area contributed by atoms with Crippen molar-refractivity contribution in [1.29, 1.82) is 0 Å². The number of nitrogens with zero attached hydrogens (tertiary/aromatic N) is 3. The molecule has 1 aromatic rings. The van der Waals surface area contributed by atoms with Crippen LogP contribution in [0.5, 0.6) is 0 Å². The number of hydrogen-bond acceptors (Lipinski definition) is 4. The zero-order chi connectivity index (χ0) is 13.9. The molecule has 4 nitrogen and oxygen atoms in total. The maximum atomic E-state index is 12.4. The first-order valence-corrected chi connectivity index (χ1v) is 6.34. The van der Waals surface area contributed by atoms with Crippen LogP contribution in [0.25, 0.3) is 0 Å². The van der Waals surface area contributed by atoms with Crippen LogP contribution in [0.1, 0.15) is 25.5 Å². The van der Waals surface area contributed by atoms with E-state index < -0.39 is 12.7 Å². The van der Waals surface area contributed by atoms with Crippen LogP contribution in [0, 0.1) is 0 Å². The first-order chi connectivity index (χ1) is 8.98. The Balaban J connectivity index is 2.02. The summed E-state index contributed by atoms with van der Waals surface area (Å²) in [6.07, 6.45) is 1.03. The van der Waals surface area contributed by atoms with Crippen molar-refractivity contribution in [2.45, 2.75) is 38.5 Å². The topological polar surface area (TPSA) is 41.1 Å². The highest BCUT2D eigenvalue weighted by Gasteiger charge is 2.31. The van der Waals surface area contributed by atoms with Crippen LogP contribution in [0.15, 0.2) is 12.4 Å². The number of aromatic nitrogens is 2. The lowest BCUT2D eigenvalue weighted by atomic mass is 10.4. The van der Waals surface area contributed by atoms with E-state index in [9.17, 15) is 13.2 Å². The molecule has 2 rings (SSSR count). The maximum absolute atomic E-state index is 12.4. The third-order valence-corrected chi connectivity index (χ3v) is 2.90. The molecule has 106 valence electrons. The van der Waals surface area contributed by atoms with Gasteiger partial charge in [-0.05, 0) is 19.8 Å². The molecule has 1 heterocycles. The summed E-state index contributed by atoms with van der Waals surface area (Å²) >= 11 is 0. The quantitative estimate of drug-likeness (QED) is 0.862. The van der Waals surface area contributed by atoms with Gasteiger partial charge in [-0.3, -0.25) is 4.98 Å². The molecule has 1 N–H and O–H groups in total. The van der Waals surface area contributed by atoms with E-state index in [0.717, 1.165) is 12.8 Å². The van der Waals surface area contributed by atoms with Gasteiger partial charge in [0.2, 0.25) is 0 Å². The Bertz CT molecular complexity index is 418. The third kappa shape index (κ3) is 4.66. The second-order valence-corrected chi connectivity index (χ2v) is 4.65. The van der Waals surface area contributed by atoms with Crippen LogP contribution in [0.2, 0.25) is 0 Å². The largest absolute Gasteiger partial charge is 0.405 e. The van der Waals surface area contributed by atoms with Crippen molar-refractivity contribution >= 4 is 5.82 Å². The number of nitrogens with one attached hydrogen (secondary N) is 1. The number of alkyl halides is 3. The molecule has 1 aliphatic rings. The fraction of sp³-hybridized carbons (Fsp3) is 0.667. The van der Waals surface area contributed by atoms with Crippen molar-refractivity contribution in [3.05, 3.63) is 18.1 Å². The van der Waals surface area contributed by atoms with Crippen molar-refractivity contribution in [2.75, 3.05) is 18.0 Å². The van der Waals surface area contributed by atoms with Crippen molar-refractivity contribution in [3.8, 4) is 0 Å². The number of hydrogen-bond donors (Lipinski definition) is 1. The minimum atomic E-state index is -4.24. The van der Waals surface area contributed by atoms with E-state index in [0.29, 0.717) is 18.3 Å². The highest BCUT2D eigenvalue weighted by atomic mass is 19.4. The zero-order valence-electron chi connectivity index (χ0n) is 10.7. The van der Waals surface area contributed by atoms with E-state index in [1.807, 2.05) is 0 Å². The monoisotopic (exact) mass is 274 g/mol. The highest BCUT2D eigenvalue weighted by molar-refractivity contribution is 5.36. The average Bonchev–Trinajstić information content (AvgIpc) is 3.17.